The number of nitrogens with two attached hydrogens (primary N) is 1. The van der Waals surface area contributed by atoms with E-state index in [1.807, 2.05) is 0 Å². The minimum atomic E-state index is -4.39. The summed E-state index contributed by atoms with van der Waals surface area (Å²) in [6.45, 7) is 0.935. The van der Waals surface area contributed by atoms with Crippen molar-refractivity contribution in [3.63, 3.8) is 0 Å². The van der Waals surface area contributed by atoms with E-state index in [-0.39, 0.29) is 5.82 Å². The van der Waals surface area contributed by atoms with E-state index >= 15 is 0 Å². The number of ether oxygens (including phenoxy) is 2. The molecule has 0 amide bonds. The first kappa shape index (κ1) is 17.1. The molecule has 1 aliphatic rings. The Morgan fingerprint density at radius 2 is 1.48 bits per heavy atom. The second-order valence-electron chi connectivity index (χ2n) is 5.94. The maximum Gasteiger partial charge on any atom is 0.416 e. The molecule has 27 heavy (non-hydrogen) atoms. The molecule has 8 heteroatoms. The van der Waals surface area contributed by atoms with E-state index in [2.05, 4.69) is 9.97 Å². The molecule has 0 saturated heterocycles. The van der Waals surface area contributed by atoms with Gasteiger partial charge in [-0.15, -0.1) is 0 Å². The van der Waals surface area contributed by atoms with E-state index in [4.69, 9.17) is 15.2 Å². The Balaban J connectivity index is 1.72. The van der Waals surface area contributed by atoms with Gasteiger partial charge in [-0.25, -0.2) is 9.97 Å². The molecule has 0 fully saturated rings. The van der Waals surface area contributed by atoms with Crippen molar-refractivity contribution in [2.45, 2.75) is 6.18 Å². The van der Waals surface area contributed by atoms with E-state index in [1.165, 1.54) is 18.2 Å². The summed E-state index contributed by atoms with van der Waals surface area (Å²) in [5.41, 5.74) is 6.77. The van der Waals surface area contributed by atoms with Crippen molar-refractivity contribution < 1.29 is 22.6 Å². The molecule has 2 aromatic carbocycles. The largest absolute Gasteiger partial charge is 0.486 e. The average molecular weight is 373 g/mol. The molecule has 2 heterocycles. The molecule has 0 atom stereocenters. The summed E-state index contributed by atoms with van der Waals surface area (Å²) in [7, 11) is 0. The third kappa shape index (κ3) is 3.51. The molecule has 138 valence electrons. The maximum atomic E-state index is 12.7. The number of benzene rings is 2. The van der Waals surface area contributed by atoms with Gasteiger partial charge in [0.15, 0.2) is 17.3 Å². The lowest BCUT2D eigenvalue weighted by atomic mass is 10.1. The molecule has 1 aromatic heterocycles. The second kappa shape index (κ2) is 6.46. The highest BCUT2D eigenvalue weighted by Crippen LogP contribution is 2.35. The molecule has 0 unspecified atom stereocenters. The monoisotopic (exact) mass is 373 g/mol. The van der Waals surface area contributed by atoms with Gasteiger partial charge in [0.1, 0.15) is 19.0 Å². The van der Waals surface area contributed by atoms with Gasteiger partial charge in [0.05, 0.1) is 11.3 Å². The predicted octanol–water partition coefficient (Wildman–Crippen LogP) is 4.18. The fraction of sp³-hybridized carbons (Fsp3) is 0.158. The fourth-order valence-electron chi connectivity index (χ4n) is 2.76. The van der Waals surface area contributed by atoms with Crippen molar-refractivity contribution in [3.8, 4) is 34.1 Å². The molecule has 5 nitrogen and oxygen atoms in total. The molecule has 3 aromatic rings. The van der Waals surface area contributed by atoms with Gasteiger partial charge in [-0.1, -0.05) is 12.1 Å². The first-order valence-electron chi connectivity index (χ1n) is 8.12. The zero-order valence-electron chi connectivity index (χ0n) is 14.0. The number of rotatable bonds is 2. The van der Waals surface area contributed by atoms with Crippen LogP contribution in [0.2, 0.25) is 0 Å². The summed E-state index contributed by atoms with van der Waals surface area (Å²) in [4.78, 5) is 8.67. The number of aromatic nitrogens is 2. The van der Waals surface area contributed by atoms with E-state index in [9.17, 15) is 13.2 Å². The van der Waals surface area contributed by atoms with Crippen LogP contribution in [0.25, 0.3) is 22.6 Å². The summed E-state index contributed by atoms with van der Waals surface area (Å²) >= 11 is 0. The van der Waals surface area contributed by atoms with Gasteiger partial charge in [0.25, 0.3) is 0 Å². The number of fused-ring (bicyclic) bond motifs is 1. The minimum absolute atomic E-state index is 0.213. The van der Waals surface area contributed by atoms with Crippen LogP contribution in [-0.2, 0) is 6.18 Å². The SMILES string of the molecule is Nc1cc(-c2ccc(C(F)(F)F)cc2)nc(-c2ccc3c(c2)OCCO3)n1. The van der Waals surface area contributed by atoms with Crippen LogP contribution in [0.15, 0.2) is 48.5 Å². The Bertz CT molecular complexity index is 988. The van der Waals surface area contributed by atoms with Crippen molar-refractivity contribution in [2.24, 2.45) is 0 Å². The molecule has 4 rings (SSSR count). The zero-order valence-corrected chi connectivity index (χ0v) is 14.0. The van der Waals surface area contributed by atoms with E-state index in [0.29, 0.717) is 47.4 Å². The van der Waals surface area contributed by atoms with Gasteiger partial charge in [-0.2, -0.15) is 13.2 Å². The number of halogens is 3. The van der Waals surface area contributed by atoms with Crippen LogP contribution in [0, 0.1) is 0 Å². The summed E-state index contributed by atoms with van der Waals surface area (Å²) in [5.74, 6) is 1.78. The summed E-state index contributed by atoms with van der Waals surface area (Å²) in [5, 5.41) is 0. The van der Waals surface area contributed by atoms with Crippen LogP contribution in [0.1, 0.15) is 5.56 Å². The van der Waals surface area contributed by atoms with Gasteiger partial charge in [0, 0.05) is 17.2 Å². The highest BCUT2D eigenvalue weighted by Gasteiger charge is 2.30. The quantitative estimate of drug-likeness (QED) is 0.730. The number of hydrogen-bond donors (Lipinski definition) is 1. The summed E-state index contributed by atoms with van der Waals surface area (Å²) in [6.07, 6.45) is -4.39. The zero-order chi connectivity index (χ0) is 19.0. The molecule has 0 saturated carbocycles. The van der Waals surface area contributed by atoms with Crippen LogP contribution in [0.5, 0.6) is 11.5 Å². The molecule has 0 bridgehead atoms. The van der Waals surface area contributed by atoms with E-state index < -0.39 is 11.7 Å². The van der Waals surface area contributed by atoms with Crippen molar-refractivity contribution >= 4 is 5.82 Å². The minimum Gasteiger partial charge on any atom is -0.486 e. The fourth-order valence-corrected chi connectivity index (χ4v) is 2.76. The second-order valence-corrected chi connectivity index (χ2v) is 5.94. The topological polar surface area (TPSA) is 70.3 Å². The molecule has 0 aliphatic carbocycles. The lowest BCUT2D eigenvalue weighted by Gasteiger charge is -2.18. The third-order valence-electron chi connectivity index (χ3n) is 4.05. The molecule has 0 radical (unpaired) electrons. The van der Waals surface area contributed by atoms with Crippen LogP contribution >= 0.6 is 0 Å². The smallest absolute Gasteiger partial charge is 0.416 e. The van der Waals surface area contributed by atoms with Crippen LogP contribution < -0.4 is 15.2 Å². The highest BCUT2D eigenvalue weighted by atomic mass is 19.4. The first-order chi connectivity index (χ1) is 12.9. The van der Waals surface area contributed by atoms with Crippen LogP contribution in [0.4, 0.5) is 19.0 Å². The van der Waals surface area contributed by atoms with Gasteiger partial charge < -0.3 is 15.2 Å². The van der Waals surface area contributed by atoms with Gasteiger partial charge in [-0.3, -0.25) is 0 Å². The van der Waals surface area contributed by atoms with E-state index in [1.54, 1.807) is 18.2 Å². The molecule has 1 aliphatic heterocycles. The van der Waals surface area contributed by atoms with Crippen molar-refractivity contribution in [2.75, 3.05) is 18.9 Å². The van der Waals surface area contributed by atoms with Gasteiger partial charge in [-0.05, 0) is 30.3 Å². The number of alkyl halides is 3. The third-order valence-corrected chi connectivity index (χ3v) is 4.05. The summed E-state index contributed by atoms with van der Waals surface area (Å²) < 4.78 is 49.3. The average Bonchev–Trinajstić information content (AvgIpc) is 2.66. The number of nitrogen functional groups attached to an aromatic ring is 1. The van der Waals surface area contributed by atoms with Crippen molar-refractivity contribution in [3.05, 3.63) is 54.1 Å². The Hall–Kier alpha value is -3.29. The Morgan fingerprint density at radius 1 is 0.815 bits per heavy atom. The lowest BCUT2D eigenvalue weighted by Crippen LogP contribution is -2.15. The molecular weight excluding hydrogens is 359 g/mol. The molecule has 0 spiro atoms. The van der Waals surface area contributed by atoms with Crippen LogP contribution in [0.3, 0.4) is 0 Å². The van der Waals surface area contributed by atoms with Crippen molar-refractivity contribution in [1.82, 2.24) is 9.97 Å². The maximum absolute atomic E-state index is 12.7. The number of nitrogens with zero attached hydrogens (tertiary/aromatic N) is 2. The Morgan fingerprint density at radius 3 is 2.19 bits per heavy atom. The Kier molecular flexibility index (Phi) is 4.10. The van der Waals surface area contributed by atoms with Gasteiger partial charge in [0.2, 0.25) is 0 Å². The normalized spacial score (nSPS) is 13.4. The molecule has 2 N–H and O–H groups in total. The van der Waals surface area contributed by atoms with Gasteiger partial charge >= 0.3 is 6.18 Å². The van der Waals surface area contributed by atoms with Crippen molar-refractivity contribution in [1.29, 1.82) is 0 Å². The van der Waals surface area contributed by atoms with E-state index in [0.717, 1.165) is 12.1 Å². The summed E-state index contributed by atoms with van der Waals surface area (Å²) in [6, 6.07) is 11.5. The first-order valence-corrected chi connectivity index (χ1v) is 8.12. The lowest BCUT2D eigenvalue weighted by molar-refractivity contribution is -0.137. The number of hydrogen-bond acceptors (Lipinski definition) is 5. The van der Waals surface area contributed by atoms with Crippen LogP contribution in [-0.4, -0.2) is 23.2 Å². The Labute approximate surface area is 152 Å². The number of anilines is 1. The molecular formula is C19H14F3N3O2. The standard InChI is InChI=1S/C19H14F3N3O2/c20-19(21,22)13-4-1-11(2-5-13)14-10-17(23)25-18(24-14)12-3-6-15-16(9-12)27-8-7-26-15/h1-6,9-10H,7-8H2,(H2,23,24,25). The highest BCUT2D eigenvalue weighted by molar-refractivity contribution is 5.68. The predicted molar refractivity (Wildman–Crippen MR) is 93.3 cm³/mol.